The van der Waals surface area contributed by atoms with E-state index >= 15 is 0 Å². The van der Waals surface area contributed by atoms with Gasteiger partial charge in [0.2, 0.25) is 0 Å². The molecule has 0 radical (unpaired) electrons. The van der Waals surface area contributed by atoms with Crippen molar-refractivity contribution < 1.29 is 14.3 Å². The molecular weight excluding hydrogens is 484 g/mol. The summed E-state index contributed by atoms with van der Waals surface area (Å²) in [6.45, 7) is 0. The van der Waals surface area contributed by atoms with E-state index in [4.69, 9.17) is 4.74 Å². The molecule has 5 heteroatoms. The van der Waals surface area contributed by atoms with Crippen LogP contribution in [0, 0.1) is 0 Å². The van der Waals surface area contributed by atoms with E-state index in [-0.39, 0.29) is 11.8 Å². The van der Waals surface area contributed by atoms with E-state index in [0.717, 1.165) is 32.9 Å². The highest BCUT2D eigenvalue weighted by Crippen LogP contribution is 2.26. The van der Waals surface area contributed by atoms with Gasteiger partial charge < -0.3 is 15.4 Å². The van der Waals surface area contributed by atoms with Crippen molar-refractivity contribution in [3.63, 3.8) is 0 Å². The molecule has 0 aliphatic rings. The molecule has 6 aromatic rings. The monoisotopic (exact) mass is 508 g/mol. The fraction of sp³-hybridized carbons (Fsp3) is 0. The molecule has 6 aromatic carbocycles. The number of ether oxygens (including phenoxy) is 1. The Labute approximate surface area is 225 Å². The standard InChI is InChI=1S/C34H24N2O3/c37-33(35-31-13-5-9-23-7-1-3-11-29(23)31)25-15-19-27(20-16-25)39-28-21-17-26(18-22-28)34(38)36-32-14-6-10-24-8-2-4-12-30(24)32/h1-22H,(H,35,37)(H,36,38). The lowest BCUT2D eigenvalue weighted by atomic mass is 10.1. The van der Waals surface area contributed by atoms with Crippen molar-refractivity contribution in [1.29, 1.82) is 0 Å². The van der Waals surface area contributed by atoms with E-state index in [1.165, 1.54) is 0 Å². The second kappa shape index (κ2) is 10.5. The third-order valence-corrected chi connectivity index (χ3v) is 6.54. The Balaban J connectivity index is 1.10. The number of fused-ring (bicyclic) bond motifs is 2. The summed E-state index contributed by atoms with van der Waals surface area (Å²) in [5.74, 6) is 0.785. The van der Waals surface area contributed by atoms with Gasteiger partial charge in [-0.1, -0.05) is 72.8 Å². The van der Waals surface area contributed by atoms with Crippen LogP contribution < -0.4 is 15.4 Å². The normalized spacial score (nSPS) is 10.8. The first-order chi connectivity index (χ1) is 19.1. The summed E-state index contributed by atoms with van der Waals surface area (Å²) < 4.78 is 5.94. The van der Waals surface area contributed by atoms with Crippen LogP contribution in [0.2, 0.25) is 0 Å². The summed E-state index contributed by atoms with van der Waals surface area (Å²) in [6.07, 6.45) is 0. The average molecular weight is 509 g/mol. The van der Waals surface area contributed by atoms with Crippen LogP contribution in [0.4, 0.5) is 11.4 Å². The summed E-state index contributed by atoms with van der Waals surface area (Å²) in [5.41, 5.74) is 2.58. The van der Waals surface area contributed by atoms with Crippen molar-refractivity contribution in [1.82, 2.24) is 0 Å². The molecule has 0 unspecified atom stereocenters. The van der Waals surface area contributed by atoms with E-state index in [9.17, 15) is 9.59 Å². The maximum atomic E-state index is 12.8. The molecule has 0 aliphatic heterocycles. The topological polar surface area (TPSA) is 67.4 Å². The van der Waals surface area contributed by atoms with Gasteiger partial charge in [-0.2, -0.15) is 0 Å². The molecule has 39 heavy (non-hydrogen) atoms. The van der Waals surface area contributed by atoms with Gasteiger partial charge in [-0.15, -0.1) is 0 Å². The van der Waals surface area contributed by atoms with Gasteiger partial charge in [0.25, 0.3) is 11.8 Å². The van der Waals surface area contributed by atoms with Crippen molar-refractivity contribution in [2.75, 3.05) is 10.6 Å². The number of nitrogens with one attached hydrogen (secondary N) is 2. The minimum Gasteiger partial charge on any atom is -0.457 e. The van der Waals surface area contributed by atoms with E-state index in [0.29, 0.717) is 22.6 Å². The molecular formula is C34H24N2O3. The van der Waals surface area contributed by atoms with Gasteiger partial charge in [-0.05, 0) is 71.4 Å². The number of carbonyl (C=O) groups excluding carboxylic acids is 2. The summed E-state index contributed by atoms with van der Waals surface area (Å²) in [4.78, 5) is 25.7. The van der Waals surface area contributed by atoms with Gasteiger partial charge in [-0.25, -0.2) is 0 Å². The minimum absolute atomic E-state index is 0.195. The Morgan fingerprint density at radius 1 is 0.436 bits per heavy atom. The van der Waals surface area contributed by atoms with Crippen LogP contribution in [0.5, 0.6) is 11.5 Å². The molecule has 0 spiro atoms. The zero-order valence-corrected chi connectivity index (χ0v) is 20.9. The van der Waals surface area contributed by atoms with E-state index in [2.05, 4.69) is 10.6 Å². The third kappa shape index (κ3) is 5.20. The molecule has 0 fully saturated rings. The summed E-state index contributed by atoms with van der Waals surface area (Å²) in [6, 6.07) is 41.4. The maximum absolute atomic E-state index is 12.8. The van der Waals surface area contributed by atoms with E-state index < -0.39 is 0 Å². The second-order valence-corrected chi connectivity index (χ2v) is 9.11. The quantitative estimate of drug-likeness (QED) is 0.238. The minimum atomic E-state index is -0.195. The number of carbonyl (C=O) groups is 2. The molecule has 0 saturated heterocycles. The van der Waals surface area contributed by atoms with E-state index in [1.54, 1.807) is 48.5 Å². The van der Waals surface area contributed by atoms with Crippen molar-refractivity contribution >= 4 is 44.7 Å². The Bertz CT molecular complexity index is 1660. The fourth-order valence-corrected chi connectivity index (χ4v) is 4.54. The summed E-state index contributed by atoms with van der Waals surface area (Å²) in [5, 5.41) is 10.1. The number of hydrogen-bond donors (Lipinski definition) is 2. The molecule has 0 aliphatic carbocycles. The van der Waals surface area contributed by atoms with Gasteiger partial charge >= 0.3 is 0 Å². The number of rotatable bonds is 6. The SMILES string of the molecule is O=C(Nc1cccc2ccccc12)c1ccc(Oc2ccc(C(=O)Nc3cccc4ccccc34)cc2)cc1. The van der Waals surface area contributed by atoms with Crippen LogP contribution in [0.1, 0.15) is 20.7 Å². The van der Waals surface area contributed by atoms with Crippen LogP contribution in [-0.2, 0) is 0 Å². The Hall–Kier alpha value is -5.42. The highest BCUT2D eigenvalue weighted by atomic mass is 16.5. The lowest BCUT2D eigenvalue weighted by Gasteiger charge is -2.11. The number of anilines is 2. The van der Waals surface area contributed by atoms with Crippen molar-refractivity contribution in [2.24, 2.45) is 0 Å². The molecule has 5 nitrogen and oxygen atoms in total. The Morgan fingerprint density at radius 3 is 1.26 bits per heavy atom. The van der Waals surface area contributed by atoms with Gasteiger partial charge in [0.15, 0.2) is 0 Å². The molecule has 6 rings (SSSR count). The van der Waals surface area contributed by atoms with Crippen molar-refractivity contribution in [3.05, 3.63) is 145 Å². The predicted molar refractivity (Wildman–Crippen MR) is 157 cm³/mol. The van der Waals surface area contributed by atoms with Crippen LogP contribution in [-0.4, -0.2) is 11.8 Å². The molecule has 0 atom stereocenters. The van der Waals surface area contributed by atoms with E-state index in [1.807, 2.05) is 84.9 Å². The summed E-state index contributed by atoms with van der Waals surface area (Å²) in [7, 11) is 0. The maximum Gasteiger partial charge on any atom is 0.255 e. The first kappa shape index (κ1) is 23.9. The van der Waals surface area contributed by atoms with Crippen LogP contribution in [0.15, 0.2) is 133 Å². The second-order valence-electron chi connectivity index (χ2n) is 9.11. The highest BCUT2D eigenvalue weighted by Gasteiger charge is 2.11. The molecule has 0 bridgehead atoms. The summed E-state index contributed by atoms with van der Waals surface area (Å²) >= 11 is 0. The van der Waals surface area contributed by atoms with Gasteiger partial charge in [0, 0.05) is 33.3 Å². The zero-order chi connectivity index (χ0) is 26.6. The largest absolute Gasteiger partial charge is 0.457 e. The van der Waals surface area contributed by atoms with Crippen molar-refractivity contribution in [2.45, 2.75) is 0 Å². The smallest absolute Gasteiger partial charge is 0.255 e. The van der Waals surface area contributed by atoms with Crippen LogP contribution in [0.3, 0.4) is 0 Å². The Morgan fingerprint density at radius 2 is 0.821 bits per heavy atom. The third-order valence-electron chi connectivity index (χ3n) is 6.54. The van der Waals surface area contributed by atoms with Crippen molar-refractivity contribution in [3.8, 4) is 11.5 Å². The molecule has 0 saturated carbocycles. The van der Waals surface area contributed by atoms with Gasteiger partial charge in [0.1, 0.15) is 11.5 Å². The molecule has 2 N–H and O–H groups in total. The first-order valence-electron chi connectivity index (χ1n) is 12.6. The fourth-order valence-electron chi connectivity index (χ4n) is 4.54. The van der Waals surface area contributed by atoms with Crippen LogP contribution in [0.25, 0.3) is 21.5 Å². The zero-order valence-electron chi connectivity index (χ0n) is 20.9. The average Bonchev–Trinajstić information content (AvgIpc) is 2.98. The predicted octanol–water partition coefficient (Wildman–Crippen LogP) is 8.29. The lowest BCUT2D eigenvalue weighted by molar-refractivity contribution is 0.101. The number of amides is 2. The van der Waals surface area contributed by atoms with Gasteiger partial charge in [-0.3, -0.25) is 9.59 Å². The molecule has 188 valence electrons. The number of benzene rings is 6. The molecule has 0 heterocycles. The van der Waals surface area contributed by atoms with Gasteiger partial charge in [0.05, 0.1) is 0 Å². The molecule has 2 amide bonds. The van der Waals surface area contributed by atoms with Crippen LogP contribution >= 0.6 is 0 Å². The lowest BCUT2D eigenvalue weighted by Crippen LogP contribution is -2.12. The molecule has 0 aromatic heterocycles. The highest BCUT2D eigenvalue weighted by molar-refractivity contribution is 6.10. The number of hydrogen-bond acceptors (Lipinski definition) is 3. The Kier molecular flexibility index (Phi) is 6.46. The first-order valence-corrected chi connectivity index (χ1v) is 12.6.